The maximum absolute atomic E-state index is 13.0. The lowest BCUT2D eigenvalue weighted by Gasteiger charge is -2.28. The molecule has 0 spiro atoms. The Bertz CT molecular complexity index is 918. The summed E-state index contributed by atoms with van der Waals surface area (Å²) in [7, 11) is -2.98. The fourth-order valence-corrected chi connectivity index (χ4v) is 4.50. The summed E-state index contributed by atoms with van der Waals surface area (Å²) in [5.74, 6) is 1.25. The van der Waals surface area contributed by atoms with Crippen LogP contribution in [-0.2, 0) is 26.2 Å². The van der Waals surface area contributed by atoms with Crippen molar-refractivity contribution >= 4 is 8.25 Å². The lowest BCUT2D eigenvalue weighted by atomic mass is 9.79. The summed E-state index contributed by atoms with van der Waals surface area (Å²) < 4.78 is 24.6. The number of phenolic OH excluding ortho intramolecular Hbond substituents is 2. The predicted octanol–water partition coefficient (Wildman–Crippen LogP) is 8.14. The van der Waals surface area contributed by atoms with E-state index in [1.807, 2.05) is 83.1 Å². The summed E-state index contributed by atoms with van der Waals surface area (Å²) in [6.07, 6.45) is 0. The Balaban J connectivity index is 2.49. The van der Waals surface area contributed by atoms with Crippen LogP contribution in [-0.4, -0.2) is 10.2 Å². The van der Waals surface area contributed by atoms with Crippen molar-refractivity contribution in [3.8, 4) is 23.0 Å². The molecular weight excluding hydrogens is 447 g/mol. The fraction of sp³-hybridized carbons (Fsp3) is 0.571. The summed E-state index contributed by atoms with van der Waals surface area (Å²) >= 11 is 0. The Hall–Kier alpha value is -2.13. The first-order valence-electron chi connectivity index (χ1n) is 11.8. The molecule has 34 heavy (non-hydrogen) atoms. The predicted molar refractivity (Wildman–Crippen MR) is 141 cm³/mol. The molecule has 2 aromatic rings. The minimum Gasteiger partial charge on any atom is -0.507 e. The van der Waals surface area contributed by atoms with Gasteiger partial charge in [0.05, 0.1) is 0 Å². The maximum atomic E-state index is 13.0. The van der Waals surface area contributed by atoms with E-state index in [1.165, 1.54) is 0 Å². The number of hydrogen-bond acceptors (Lipinski definition) is 5. The van der Waals surface area contributed by atoms with E-state index in [0.717, 1.165) is 22.3 Å². The van der Waals surface area contributed by atoms with Gasteiger partial charge < -0.3 is 19.3 Å². The van der Waals surface area contributed by atoms with Crippen LogP contribution in [0.1, 0.15) is 105 Å². The Kier molecular flexibility index (Phi) is 7.56. The summed E-state index contributed by atoms with van der Waals surface area (Å²) in [5, 5.41) is 21.8. The molecule has 5 nitrogen and oxygen atoms in total. The highest BCUT2D eigenvalue weighted by Gasteiger charge is 2.29. The van der Waals surface area contributed by atoms with E-state index in [9.17, 15) is 14.8 Å². The molecule has 6 heteroatoms. The first kappa shape index (κ1) is 28.1. The van der Waals surface area contributed by atoms with Gasteiger partial charge in [-0.3, -0.25) is 0 Å². The number of phenols is 2. The third-order valence-corrected chi connectivity index (χ3v) is 6.61. The second kappa shape index (κ2) is 9.15. The molecule has 190 valence electrons. The average molecular weight is 491 g/mol. The van der Waals surface area contributed by atoms with Crippen molar-refractivity contribution in [1.29, 1.82) is 0 Å². The summed E-state index contributed by atoms with van der Waals surface area (Å²) in [6, 6.07) is 6.92. The van der Waals surface area contributed by atoms with E-state index in [1.54, 1.807) is 24.3 Å². The van der Waals surface area contributed by atoms with Crippen LogP contribution in [0, 0.1) is 0 Å². The molecule has 0 aromatic heterocycles. The minimum absolute atomic E-state index is 0.233. The molecule has 2 rings (SSSR count). The molecule has 0 fully saturated rings. The number of rotatable bonds is 4. The van der Waals surface area contributed by atoms with Crippen molar-refractivity contribution in [3.05, 3.63) is 46.5 Å². The molecule has 0 saturated heterocycles. The third kappa shape index (κ3) is 6.50. The monoisotopic (exact) mass is 490 g/mol. The number of aromatic hydroxyl groups is 2. The molecule has 0 amide bonds. The van der Waals surface area contributed by atoms with E-state index in [4.69, 9.17) is 9.05 Å². The molecule has 0 aliphatic heterocycles. The molecule has 0 unspecified atom stereocenters. The molecular formula is C28H43O5P. The minimum atomic E-state index is -2.98. The molecule has 0 atom stereocenters. The third-order valence-electron chi connectivity index (χ3n) is 5.80. The van der Waals surface area contributed by atoms with Crippen LogP contribution >= 0.6 is 8.25 Å². The normalized spacial score (nSPS) is 13.3. The summed E-state index contributed by atoms with van der Waals surface area (Å²) in [5.41, 5.74) is 1.55. The fourth-order valence-electron chi connectivity index (χ4n) is 3.83. The van der Waals surface area contributed by atoms with Crippen LogP contribution in [0.15, 0.2) is 24.3 Å². The zero-order valence-electron chi connectivity index (χ0n) is 22.9. The highest BCUT2D eigenvalue weighted by atomic mass is 31.1. The summed E-state index contributed by atoms with van der Waals surface area (Å²) in [4.78, 5) is 0. The molecule has 0 radical (unpaired) electrons. The number of hydrogen-bond donors (Lipinski definition) is 2. The quantitative estimate of drug-likeness (QED) is 0.423. The van der Waals surface area contributed by atoms with E-state index in [0.29, 0.717) is 11.5 Å². The maximum Gasteiger partial charge on any atom is 0.418 e. The van der Waals surface area contributed by atoms with Gasteiger partial charge in [-0.1, -0.05) is 83.1 Å². The van der Waals surface area contributed by atoms with Gasteiger partial charge in [0.2, 0.25) is 0 Å². The molecule has 0 bridgehead atoms. The van der Waals surface area contributed by atoms with Gasteiger partial charge in [-0.15, -0.1) is 0 Å². The lowest BCUT2D eigenvalue weighted by molar-refractivity contribution is 0.398. The van der Waals surface area contributed by atoms with Gasteiger partial charge in [0.1, 0.15) is 23.0 Å². The standard InChI is InChI=1S/C28H43O5P/c1-25(2,3)19-13-17(14-20(23(19)29)26(4,5)6)32-34(31)33-18-15-21(27(7,8)9)24(30)22(16-18)28(10,11)12/h13-16,29-30,34H,1-12H3. The second-order valence-electron chi connectivity index (χ2n) is 13.2. The van der Waals surface area contributed by atoms with Crippen LogP contribution in [0.3, 0.4) is 0 Å². The van der Waals surface area contributed by atoms with E-state index in [-0.39, 0.29) is 33.2 Å². The zero-order chi connectivity index (χ0) is 26.4. The van der Waals surface area contributed by atoms with Crippen molar-refractivity contribution in [2.75, 3.05) is 0 Å². The van der Waals surface area contributed by atoms with Crippen LogP contribution < -0.4 is 9.05 Å². The topological polar surface area (TPSA) is 76.0 Å². The van der Waals surface area contributed by atoms with Crippen LogP contribution in [0.4, 0.5) is 0 Å². The number of benzene rings is 2. The highest BCUT2D eigenvalue weighted by molar-refractivity contribution is 7.34. The van der Waals surface area contributed by atoms with Gasteiger partial charge in [-0.25, -0.2) is 4.57 Å². The van der Waals surface area contributed by atoms with Crippen LogP contribution in [0.5, 0.6) is 23.0 Å². The molecule has 2 N–H and O–H groups in total. The Labute approximate surface area is 206 Å². The second-order valence-corrected chi connectivity index (χ2v) is 14.1. The lowest BCUT2D eigenvalue weighted by Crippen LogP contribution is -2.17. The molecule has 0 heterocycles. The largest absolute Gasteiger partial charge is 0.507 e. The first-order chi connectivity index (χ1) is 15.1. The zero-order valence-corrected chi connectivity index (χ0v) is 23.9. The van der Waals surface area contributed by atoms with Crippen molar-refractivity contribution in [1.82, 2.24) is 0 Å². The molecule has 0 saturated carbocycles. The highest BCUT2D eigenvalue weighted by Crippen LogP contribution is 2.45. The van der Waals surface area contributed by atoms with Crippen LogP contribution in [0.2, 0.25) is 0 Å². The summed E-state index contributed by atoms with van der Waals surface area (Å²) in [6.45, 7) is 24.1. The van der Waals surface area contributed by atoms with Crippen LogP contribution in [0.25, 0.3) is 0 Å². The molecule has 0 aliphatic carbocycles. The Morgan fingerprint density at radius 2 is 0.735 bits per heavy atom. The van der Waals surface area contributed by atoms with Gasteiger partial charge in [-0.2, -0.15) is 0 Å². The van der Waals surface area contributed by atoms with Gasteiger partial charge in [-0.05, 0) is 45.9 Å². The Morgan fingerprint density at radius 1 is 0.529 bits per heavy atom. The SMILES string of the molecule is CC(C)(C)c1cc(O[PH](=O)Oc2cc(C(C)(C)C)c(O)c(C(C)(C)C)c2)cc(C(C)(C)C)c1O. The van der Waals surface area contributed by atoms with Crippen molar-refractivity contribution in [3.63, 3.8) is 0 Å². The smallest absolute Gasteiger partial charge is 0.418 e. The van der Waals surface area contributed by atoms with Gasteiger partial charge in [0.15, 0.2) is 0 Å². The van der Waals surface area contributed by atoms with Crippen molar-refractivity contribution in [2.24, 2.45) is 0 Å². The van der Waals surface area contributed by atoms with Gasteiger partial charge >= 0.3 is 8.25 Å². The van der Waals surface area contributed by atoms with Gasteiger partial charge in [0, 0.05) is 22.3 Å². The van der Waals surface area contributed by atoms with Crippen molar-refractivity contribution < 1.29 is 23.8 Å². The van der Waals surface area contributed by atoms with E-state index >= 15 is 0 Å². The van der Waals surface area contributed by atoms with E-state index in [2.05, 4.69) is 0 Å². The average Bonchev–Trinajstić information content (AvgIpc) is 2.60. The molecule has 2 aromatic carbocycles. The first-order valence-corrected chi connectivity index (χ1v) is 13.0. The Morgan fingerprint density at radius 3 is 0.912 bits per heavy atom. The molecule has 0 aliphatic rings. The van der Waals surface area contributed by atoms with Gasteiger partial charge in [0.25, 0.3) is 0 Å². The van der Waals surface area contributed by atoms with E-state index < -0.39 is 8.25 Å². The van der Waals surface area contributed by atoms with Crippen molar-refractivity contribution in [2.45, 2.75) is 105 Å².